The van der Waals surface area contributed by atoms with Crippen LogP contribution in [0.5, 0.6) is 28.7 Å². The molecule has 8 heteroatoms. The van der Waals surface area contributed by atoms with E-state index in [0.717, 1.165) is 22.8 Å². The number of rotatable bonds is 7. The number of thioether (sulfide) groups is 2. The Morgan fingerprint density at radius 1 is 0.742 bits per heavy atom. The van der Waals surface area contributed by atoms with Crippen LogP contribution >= 0.6 is 23.5 Å². The molecule has 2 atom stereocenters. The first kappa shape index (κ1) is 25.4. The van der Waals surface area contributed by atoms with E-state index in [1.165, 1.54) is 11.1 Å². The van der Waals surface area contributed by atoms with Crippen molar-refractivity contribution in [2.24, 2.45) is 0 Å². The summed E-state index contributed by atoms with van der Waals surface area (Å²) in [5.41, 5.74) is 3.49. The Bertz CT molecular complexity index is 837. The van der Waals surface area contributed by atoms with Gasteiger partial charge < -0.3 is 29.0 Å². The molecule has 0 saturated carbocycles. The first-order chi connectivity index (χ1) is 15.0. The lowest BCUT2D eigenvalue weighted by Gasteiger charge is -2.18. The van der Waals surface area contributed by atoms with E-state index in [0.29, 0.717) is 27.1 Å². The van der Waals surface area contributed by atoms with Gasteiger partial charge in [0.25, 0.3) is 0 Å². The molecule has 2 unspecified atom stereocenters. The standard InChI is InChI=1S/C21H26O5S2.C2H7N/c1-12-7-14(10-15(22-2)19(12)25-5)21-27-11-18(28-21)13-8-16(23-3)20(26-6)17(9-13)24-4;1-3-2/h7-10,18,21H,11H2,1-6H3;3H,1-2H3. The second-order valence-electron chi connectivity index (χ2n) is 6.82. The van der Waals surface area contributed by atoms with E-state index in [1.54, 1.807) is 35.5 Å². The molecule has 0 spiro atoms. The number of nitrogens with one attached hydrogen (secondary N) is 1. The van der Waals surface area contributed by atoms with Gasteiger partial charge in [-0.2, -0.15) is 0 Å². The monoisotopic (exact) mass is 467 g/mol. The SMILES string of the molecule is CNC.COc1cc(C2SCC(c3cc(OC)c(OC)c(OC)c3)S2)cc(C)c1OC. The van der Waals surface area contributed by atoms with E-state index < -0.39 is 0 Å². The molecule has 0 radical (unpaired) electrons. The van der Waals surface area contributed by atoms with Crippen molar-refractivity contribution in [3.63, 3.8) is 0 Å². The highest BCUT2D eigenvalue weighted by atomic mass is 32.2. The second kappa shape index (κ2) is 12.2. The summed E-state index contributed by atoms with van der Waals surface area (Å²) in [4.78, 5) is 0. The van der Waals surface area contributed by atoms with Gasteiger partial charge in [0.2, 0.25) is 5.75 Å². The predicted octanol–water partition coefficient (Wildman–Crippen LogP) is 5.09. The molecule has 31 heavy (non-hydrogen) atoms. The van der Waals surface area contributed by atoms with Crippen molar-refractivity contribution < 1.29 is 23.7 Å². The van der Waals surface area contributed by atoms with Crippen LogP contribution in [0.25, 0.3) is 0 Å². The van der Waals surface area contributed by atoms with E-state index in [9.17, 15) is 0 Å². The topological polar surface area (TPSA) is 58.2 Å². The smallest absolute Gasteiger partial charge is 0.203 e. The van der Waals surface area contributed by atoms with Crippen LogP contribution < -0.4 is 29.0 Å². The first-order valence-corrected chi connectivity index (χ1v) is 11.8. The molecule has 2 aromatic rings. The first-order valence-electron chi connectivity index (χ1n) is 9.85. The van der Waals surface area contributed by atoms with Crippen molar-refractivity contribution in [1.29, 1.82) is 0 Å². The Kier molecular flexibility index (Phi) is 9.99. The summed E-state index contributed by atoms with van der Waals surface area (Å²) in [6, 6.07) is 8.35. The van der Waals surface area contributed by atoms with Gasteiger partial charge in [0.15, 0.2) is 23.0 Å². The molecule has 6 nitrogen and oxygen atoms in total. The lowest BCUT2D eigenvalue weighted by atomic mass is 10.1. The molecule has 1 aliphatic rings. The quantitative estimate of drug-likeness (QED) is 0.604. The van der Waals surface area contributed by atoms with Crippen LogP contribution in [0.1, 0.15) is 26.5 Å². The highest BCUT2D eigenvalue weighted by Gasteiger charge is 2.31. The van der Waals surface area contributed by atoms with E-state index in [4.69, 9.17) is 23.7 Å². The van der Waals surface area contributed by atoms with Crippen molar-refractivity contribution in [1.82, 2.24) is 5.32 Å². The number of benzene rings is 2. The minimum Gasteiger partial charge on any atom is -0.493 e. The van der Waals surface area contributed by atoms with Gasteiger partial charge in [-0.05, 0) is 55.9 Å². The van der Waals surface area contributed by atoms with Crippen molar-refractivity contribution in [2.75, 3.05) is 55.4 Å². The molecular formula is C23H33NO5S2. The maximum absolute atomic E-state index is 5.52. The van der Waals surface area contributed by atoms with E-state index in [1.807, 2.05) is 56.7 Å². The molecule has 2 aromatic carbocycles. The fourth-order valence-electron chi connectivity index (χ4n) is 3.36. The predicted molar refractivity (Wildman–Crippen MR) is 131 cm³/mol. The van der Waals surface area contributed by atoms with Crippen LogP contribution in [-0.4, -0.2) is 55.4 Å². The van der Waals surface area contributed by atoms with Gasteiger partial charge >= 0.3 is 0 Å². The molecule has 0 aliphatic carbocycles. The van der Waals surface area contributed by atoms with E-state index in [2.05, 4.69) is 17.4 Å². The third-order valence-corrected chi connectivity index (χ3v) is 8.04. The van der Waals surface area contributed by atoms with Gasteiger partial charge in [-0.15, -0.1) is 23.5 Å². The summed E-state index contributed by atoms with van der Waals surface area (Å²) in [5, 5.41) is 3.08. The number of hydrogen-bond acceptors (Lipinski definition) is 8. The maximum Gasteiger partial charge on any atom is 0.203 e. The Labute approximate surface area is 194 Å². The van der Waals surface area contributed by atoms with Gasteiger partial charge in [0.05, 0.1) is 40.1 Å². The normalized spacial score (nSPS) is 17.4. The number of hydrogen-bond donors (Lipinski definition) is 1. The van der Waals surface area contributed by atoms with Crippen LogP contribution in [0.4, 0.5) is 0 Å². The summed E-state index contributed by atoms with van der Waals surface area (Å²) in [6.07, 6.45) is 0. The number of ether oxygens (including phenoxy) is 5. The molecule has 1 aliphatic heterocycles. The molecule has 0 amide bonds. The molecule has 0 aromatic heterocycles. The molecule has 1 heterocycles. The Hall–Kier alpha value is -1.90. The zero-order chi connectivity index (χ0) is 23.0. The Morgan fingerprint density at radius 2 is 1.23 bits per heavy atom. The Morgan fingerprint density at radius 3 is 1.71 bits per heavy atom. The third kappa shape index (κ3) is 5.87. The fourth-order valence-corrected chi connectivity index (χ4v) is 6.61. The van der Waals surface area contributed by atoms with Crippen molar-refractivity contribution in [3.05, 3.63) is 41.0 Å². The van der Waals surface area contributed by atoms with Crippen LogP contribution in [0, 0.1) is 6.92 Å². The second-order valence-corrected chi connectivity index (χ2v) is 9.57. The minimum atomic E-state index is 0.322. The van der Waals surface area contributed by atoms with Crippen LogP contribution in [0.3, 0.4) is 0 Å². The molecule has 1 fully saturated rings. The highest BCUT2D eigenvalue weighted by Crippen LogP contribution is 2.57. The van der Waals surface area contributed by atoms with Gasteiger partial charge in [0.1, 0.15) is 0 Å². The summed E-state index contributed by atoms with van der Waals surface area (Å²) in [5.74, 6) is 4.56. The average molecular weight is 468 g/mol. The van der Waals surface area contributed by atoms with Gasteiger partial charge in [-0.25, -0.2) is 0 Å². The zero-order valence-corrected chi connectivity index (χ0v) is 21.2. The molecule has 0 bridgehead atoms. The van der Waals surface area contributed by atoms with Crippen molar-refractivity contribution >= 4 is 23.5 Å². The van der Waals surface area contributed by atoms with Crippen molar-refractivity contribution in [2.45, 2.75) is 16.8 Å². The number of aryl methyl sites for hydroxylation is 1. The average Bonchev–Trinajstić information content (AvgIpc) is 3.28. The zero-order valence-electron chi connectivity index (χ0n) is 19.5. The molecule has 172 valence electrons. The lowest BCUT2D eigenvalue weighted by molar-refractivity contribution is 0.324. The van der Waals surface area contributed by atoms with Gasteiger partial charge in [-0.1, -0.05) is 6.07 Å². The Balaban J connectivity index is 0.00000107. The molecule has 3 rings (SSSR count). The summed E-state index contributed by atoms with van der Waals surface area (Å²) in [6.45, 7) is 2.05. The van der Waals surface area contributed by atoms with Crippen LogP contribution in [-0.2, 0) is 0 Å². The van der Waals surface area contributed by atoms with Crippen LogP contribution in [0.2, 0.25) is 0 Å². The van der Waals surface area contributed by atoms with E-state index in [-0.39, 0.29) is 0 Å². The maximum atomic E-state index is 5.52. The summed E-state index contributed by atoms with van der Waals surface area (Å²) < 4.78 is 27.8. The third-order valence-electron chi connectivity index (χ3n) is 4.70. The van der Waals surface area contributed by atoms with Gasteiger partial charge in [0, 0.05) is 11.0 Å². The largest absolute Gasteiger partial charge is 0.493 e. The summed E-state index contributed by atoms with van der Waals surface area (Å²) >= 11 is 3.86. The van der Waals surface area contributed by atoms with Crippen molar-refractivity contribution in [3.8, 4) is 28.7 Å². The van der Waals surface area contributed by atoms with Gasteiger partial charge in [-0.3, -0.25) is 0 Å². The minimum absolute atomic E-state index is 0.322. The number of methoxy groups -OCH3 is 5. The van der Waals surface area contributed by atoms with E-state index >= 15 is 0 Å². The fraction of sp³-hybridized carbons (Fsp3) is 0.478. The molecule has 1 saturated heterocycles. The lowest BCUT2D eigenvalue weighted by Crippen LogP contribution is -1.99. The summed E-state index contributed by atoms with van der Waals surface area (Å²) in [7, 11) is 12.0. The molecular weight excluding hydrogens is 434 g/mol. The highest BCUT2D eigenvalue weighted by molar-refractivity contribution is 8.19. The molecule has 1 N–H and O–H groups in total. The van der Waals surface area contributed by atoms with Crippen LogP contribution in [0.15, 0.2) is 24.3 Å².